The second-order valence-corrected chi connectivity index (χ2v) is 20.7. The van der Waals surface area contributed by atoms with Crippen molar-refractivity contribution in [3.63, 3.8) is 0 Å². The van der Waals surface area contributed by atoms with Crippen LogP contribution in [0.15, 0.2) is 118 Å². The number of hydrogen-bond acceptors (Lipinski definition) is 8. The van der Waals surface area contributed by atoms with Crippen molar-refractivity contribution in [1.82, 2.24) is 0 Å². The molecule has 8 nitrogen and oxygen atoms in total. The Hall–Kier alpha value is -5.84. The molecule has 1 aliphatic rings. The van der Waals surface area contributed by atoms with E-state index in [2.05, 4.69) is 108 Å². The normalized spacial score (nSPS) is 12.9. The van der Waals surface area contributed by atoms with E-state index in [4.69, 9.17) is 18.9 Å². The maximum Gasteiger partial charge on any atom is 0.173 e. The molecule has 376 valence electrons. The minimum atomic E-state index is -0.888. The third-order valence-electron chi connectivity index (χ3n) is 13.0. The Labute approximate surface area is 442 Å². The van der Waals surface area contributed by atoms with Crippen LogP contribution in [0.3, 0.4) is 0 Å². The van der Waals surface area contributed by atoms with Crippen LogP contribution in [0.4, 0.5) is 0 Å². The molecule has 0 saturated carbocycles. The van der Waals surface area contributed by atoms with Crippen LogP contribution in [0.5, 0.6) is 23.0 Å². The fraction of sp³-hybridized carbons (Fsp3) is 0.355. The number of carbonyl (C=O) groups is 4. The van der Waals surface area contributed by atoms with Crippen molar-refractivity contribution in [2.24, 2.45) is 11.8 Å². The van der Waals surface area contributed by atoms with Crippen molar-refractivity contribution in [3.8, 4) is 23.0 Å². The standard InChI is InChI=1S/C62H66Br2O8/c1-7-21-69-59-45-25-41(29-55(39(5)65)57(67)43-17-13-11-14-18-43)26-46(59)32-50-36-54(64)38-52(62(50)72-24-10-4)34-48-28-42(30-56(40(6)66)58(68)44-19-15-12-16-20-44)27-47(60(48)70-22-8-2)33-51-37-53(63)35-49(31-45)61(51)71-23-9-3/h11-20,25-28,35-38,55-56H,7-10,21-24,29-34H2,1-6H3. The maximum absolute atomic E-state index is 14.1. The van der Waals surface area contributed by atoms with E-state index in [1.165, 1.54) is 13.8 Å². The lowest BCUT2D eigenvalue weighted by Crippen LogP contribution is -2.25. The number of ketones is 4. The number of fused-ring (bicyclic) bond motifs is 8. The number of carbonyl (C=O) groups excluding carboxylic acids is 4. The van der Waals surface area contributed by atoms with Gasteiger partial charge in [-0.1, -0.05) is 144 Å². The number of Topliss-reactive ketones (excluding diaryl/α,β-unsaturated/α-hetero) is 4. The van der Waals surface area contributed by atoms with Gasteiger partial charge < -0.3 is 18.9 Å². The summed E-state index contributed by atoms with van der Waals surface area (Å²) in [6, 6.07) is 34.9. The van der Waals surface area contributed by atoms with Crippen molar-refractivity contribution in [2.45, 2.75) is 106 Å². The third-order valence-corrected chi connectivity index (χ3v) is 13.9. The molecule has 0 radical (unpaired) electrons. The number of halogens is 2. The highest BCUT2D eigenvalue weighted by Gasteiger charge is 2.30. The summed E-state index contributed by atoms with van der Waals surface area (Å²) in [6.45, 7) is 13.3. The summed E-state index contributed by atoms with van der Waals surface area (Å²) in [7, 11) is 0. The van der Waals surface area contributed by atoms with Gasteiger partial charge in [0.15, 0.2) is 11.6 Å². The lowest BCUT2D eigenvalue weighted by Gasteiger charge is -2.25. The van der Waals surface area contributed by atoms with Crippen LogP contribution in [-0.4, -0.2) is 49.6 Å². The van der Waals surface area contributed by atoms with Crippen molar-refractivity contribution < 1.29 is 38.1 Å². The van der Waals surface area contributed by atoms with Crippen LogP contribution in [-0.2, 0) is 48.1 Å². The molecule has 10 heteroatoms. The van der Waals surface area contributed by atoms with Gasteiger partial charge in [0, 0.05) is 68.0 Å². The van der Waals surface area contributed by atoms with E-state index in [0.29, 0.717) is 63.2 Å². The van der Waals surface area contributed by atoms with Crippen LogP contribution < -0.4 is 18.9 Å². The Morgan fingerprint density at radius 3 is 0.903 bits per heavy atom. The monoisotopic (exact) mass is 1100 g/mol. The van der Waals surface area contributed by atoms with Crippen molar-refractivity contribution in [1.29, 1.82) is 0 Å². The first-order valence-corrected chi connectivity index (χ1v) is 27.0. The molecular formula is C62H66Br2O8. The van der Waals surface area contributed by atoms with E-state index in [1.54, 1.807) is 24.3 Å². The number of benzene rings is 6. The zero-order valence-corrected chi connectivity index (χ0v) is 45.6. The maximum atomic E-state index is 14.1. The molecule has 8 bridgehead atoms. The van der Waals surface area contributed by atoms with Crippen LogP contribution in [0.1, 0.15) is 144 Å². The first-order valence-electron chi connectivity index (χ1n) is 25.4. The Bertz CT molecular complexity index is 2600. The third kappa shape index (κ3) is 13.4. The van der Waals surface area contributed by atoms with Crippen LogP contribution in [0, 0.1) is 11.8 Å². The predicted octanol–water partition coefficient (Wildman–Crippen LogP) is 14.3. The molecule has 6 aromatic rings. The summed E-state index contributed by atoms with van der Waals surface area (Å²) >= 11 is 7.80. The second kappa shape index (κ2) is 25.7. The molecule has 0 aromatic heterocycles. The van der Waals surface area contributed by atoms with Gasteiger partial charge in [-0.3, -0.25) is 19.2 Å². The average molecular weight is 1100 g/mol. The van der Waals surface area contributed by atoms with Gasteiger partial charge >= 0.3 is 0 Å². The SMILES string of the molecule is CCCOc1c2cc(Br)cc1Cc1cc(CC(C(C)=O)C(=O)c3ccccc3)cc(c1OCCC)Cc1cc(Br)cc(c1OCCC)Cc1cc(CC(C(C)=O)C(=O)c3ccccc3)cc(c1OCCC)C2. The quantitative estimate of drug-likeness (QED) is 0.0488. The lowest BCUT2D eigenvalue weighted by atomic mass is 9.84. The Morgan fingerprint density at radius 1 is 0.417 bits per heavy atom. The van der Waals surface area contributed by atoms with Gasteiger partial charge in [-0.25, -0.2) is 0 Å². The van der Waals surface area contributed by atoms with Crippen LogP contribution in [0.2, 0.25) is 0 Å². The molecule has 0 amide bonds. The summed E-state index contributed by atoms with van der Waals surface area (Å²) < 4.78 is 29.0. The van der Waals surface area contributed by atoms with Gasteiger partial charge in [-0.05, 0) is 110 Å². The molecule has 0 heterocycles. The van der Waals surface area contributed by atoms with Crippen LogP contribution in [0.25, 0.3) is 0 Å². The summed E-state index contributed by atoms with van der Waals surface area (Å²) in [5.41, 5.74) is 10.1. The van der Waals surface area contributed by atoms with Gasteiger partial charge in [0.25, 0.3) is 0 Å². The second-order valence-electron chi connectivity index (χ2n) is 18.9. The Balaban J connectivity index is 1.50. The molecule has 0 saturated heterocycles. The Kier molecular flexibility index (Phi) is 19.3. The van der Waals surface area contributed by atoms with Crippen molar-refractivity contribution in [2.75, 3.05) is 26.4 Å². The van der Waals surface area contributed by atoms with Gasteiger partial charge in [0.05, 0.1) is 38.3 Å². The predicted molar refractivity (Wildman–Crippen MR) is 293 cm³/mol. The summed E-state index contributed by atoms with van der Waals surface area (Å²) in [4.78, 5) is 55.2. The van der Waals surface area contributed by atoms with E-state index in [0.717, 1.165) is 113 Å². The largest absolute Gasteiger partial charge is 0.493 e. The van der Waals surface area contributed by atoms with Gasteiger partial charge in [0.2, 0.25) is 0 Å². The summed E-state index contributed by atoms with van der Waals surface area (Å²) in [5, 5.41) is 0. The molecule has 7 rings (SSSR count). The molecule has 0 fully saturated rings. The minimum absolute atomic E-state index is 0.195. The molecule has 0 aliphatic heterocycles. The molecular weight excluding hydrogens is 1030 g/mol. The molecule has 72 heavy (non-hydrogen) atoms. The average Bonchev–Trinajstić information content (AvgIpc) is 3.36. The smallest absolute Gasteiger partial charge is 0.173 e. The van der Waals surface area contributed by atoms with E-state index >= 15 is 0 Å². The highest BCUT2D eigenvalue weighted by molar-refractivity contribution is 9.10. The fourth-order valence-corrected chi connectivity index (χ4v) is 10.8. The van der Waals surface area contributed by atoms with Gasteiger partial charge in [0.1, 0.15) is 34.6 Å². The van der Waals surface area contributed by atoms with E-state index in [1.807, 2.05) is 36.4 Å². The van der Waals surface area contributed by atoms with E-state index in [9.17, 15) is 19.2 Å². The topological polar surface area (TPSA) is 105 Å². The molecule has 6 aromatic carbocycles. The number of ether oxygens (including phenoxy) is 4. The van der Waals surface area contributed by atoms with Crippen molar-refractivity contribution >= 4 is 55.0 Å². The molecule has 1 aliphatic carbocycles. The summed E-state index contributed by atoms with van der Waals surface area (Å²) in [5.74, 6) is 0.420. The lowest BCUT2D eigenvalue weighted by molar-refractivity contribution is -0.120. The van der Waals surface area contributed by atoms with Crippen molar-refractivity contribution in [3.05, 3.63) is 185 Å². The molecule has 2 unspecified atom stereocenters. The highest BCUT2D eigenvalue weighted by atomic mass is 79.9. The molecule has 0 spiro atoms. The summed E-state index contributed by atoms with van der Waals surface area (Å²) in [6.07, 6.45) is 5.21. The highest BCUT2D eigenvalue weighted by Crippen LogP contribution is 2.42. The van der Waals surface area contributed by atoms with Gasteiger partial charge in [-0.15, -0.1) is 0 Å². The molecule has 0 N–H and O–H groups in total. The van der Waals surface area contributed by atoms with Crippen LogP contribution >= 0.6 is 31.9 Å². The zero-order valence-electron chi connectivity index (χ0n) is 42.5. The first kappa shape index (κ1) is 53.9. The minimum Gasteiger partial charge on any atom is -0.493 e. The Morgan fingerprint density at radius 2 is 0.667 bits per heavy atom. The molecule has 2 atom stereocenters. The zero-order chi connectivity index (χ0) is 51.3. The fourth-order valence-electron chi connectivity index (χ4n) is 9.66. The number of rotatable bonds is 22. The van der Waals surface area contributed by atoms with E-state index in [-0.39, 0.29) is 36.0 Å². The van der Waals surface area contributed by atoms with E-state index < -0.39 is 11.8 Å². The first-order chi connectivity index (χ1) is 34.8. The number of hydrogen-bond donors (Lipinski definition) is 0. The van der Waals surface area contributed by atoms with Gasteiger partial charge in [-0.2, -0.15) is 0 Å².